The second kappa shape index (κ2) is 10.8. The molecule has 0 bridgehead atoms. The summed E-state index contributed by atoms with van der Waals surface area (Å²) in [6.07, 6.45) is 2.52. The normalized spacial score (nSPS) is 13.8. The van der Waals surface area contributed by atoms with Crippen LogP contribution in [0.15, 0.2) is 81.1 Å². The first-order valence-corrected chi connectivity index (χ1v) is 11.6. The van der Waals surface area contributed by atoms with Gasteiger partial charge in [0, 0.05) is 18.8 Å². The maximum atomic E-state index is 11.8. The maximum Gasteiger partial charge on any atom is 0.338 e. The monoisotopic (exact) mass is 455 g/mol. The molecule has 0 N–H and O–H groups in total. The van der Waals surface area contributed by atoms with E-state index in [9.17, 15) is 4.79 Å². The third-order valence-corrected chi connectivity index (χ3v) is 5.76. The van der Waals surface area contributed by atoms with Crippen molar-refractivity contribution in [3.63, 3.8) is 0 Å². The average molecular weight is 456 g/mol. The molecule has 0 unspecified atom stereocenters. The second-order valence-corrected chi connectivity index (χ2v) is 8.30. The van der Waals surface area contributed by atoms with Crippen molar-refractivity contribution in [2.75, 3.05) is 24.6 Å². The van der Waals surface area contributed by atoms with Gasteiger partial charge in [-0.15, -0.1) is 0 Å². The molecule has 3 aromatic rings. The summed E-state index contributed by atoms with van der Waals surface area (Å²) in [4.78, 5) is 14.2. The number of azo groups is 2. The molecule has 1 aliphatic heterocycles. The van der Waals surface area contributed by atoms with Gasteiger partial charge in [-0.2, -0.15) is 20.5 Å². The Bertz CT molecular complexity index is 1190. The summed E-state index contributed by atoms with van der Waals surface area (Å²) < 4.78 is 5.00. The van der Waals surface area contributed by atoms with Crippen molar-refractivity contribution < 1.29 is 9.53 Å². The number of anilines is 1. The third-order valence-electron chi connectivity index (χ3n) is 5.76. The molecule has 174 valence electrons. The van der Waals surface area contributed by atoms with Crippen molar-refractivity contribution in [3.05, 3.63) is 77.4 Å². The minimum absolute atomic E-state index is 0.343. The van der Waals surface area contributed by atoms with Crippen LogP contribution in [0.3, 0.4) is 0 Å². The fourth-order valence-electron chi connectivity index (χ4n) is 3.81. The fourth-order valence-corrected chi connectivity index (χ4v) is 3.81. The zero-order chi connectivity index (χ0) is 23.9. The van der Waals surface area contributed by atoms with Crippen LogP contribution in [0.4, 0.5) is 28.4 Å². The molecule has 1 aliphatic rings. The number of ether oxygens (including phenoxy) is 1. The molecule has 1 fully saturated rings. The van der Waals surface area contributed by atoms with Gasteiger partial charge in [0.15, 0.2) is 0 Å². The smallest absolute Gasteiger partial charge is 0.338 e. The Balaban J connectivity index is 1.43. The molecule has 34 heavy (non-hydrogen) atoms. The van der Waals surface area contributed by atoms with E-state index >= 15 is 0 Å². The van der Waals surface area contributed by atoms with Gasteiger partial charge in [0.05, 0.1) is 34.9 Å². The molecule has 0 atom stereocenters. The number of nitrogens with zero attached hydrogens (tertiary/aromatic N) is 5. The van der Waals surface area contributed by atoms with Gasteiger partial charge in [-0.05, 0) is 105 Å². The lowest BCUT2D eigenvalue weighted by atomic mass is 10.1. The highest BCUT2D eigenvalue weighted by molar-refractivity contribution is 5.89. The van der Waals surface area contributed by atoms with Crippen molar-refractivity contribution in [3.8, 4) is 0 Å². The topological polar surface area (TPSA) is 79.0 Å². The molecular weight excluding hydrogens is 426 g/mol. The van der Waals surface area contributed by atoms with E-state index < -0.39 is 0 Å². The molecule has 4 rings (SSSR count). The molecular formula is C27H29N5O2. The Hall–Kier alpha value is -3.87. The van der Waals surface area contributed by atoms with Gasteiger partial charge in [-0.3, -0.25) is 0 Å². The minimum atomic E-state index is -0.343. The fraction of sp³-hybridized carbons (Fsp3) is 0.296. The Morgan fingerprint density at radius 2 is 1.29 bits per heavy atom. The maximum absolute atomic E-state index is 11.8. The van der Waals surface area contributed by atoms with E-state index in [1.807, 2.05) is 38.1 Å². The first-order valence-electron chi connectivity index (χ1n) is 11.6. The van der Waals surface area contributed by atoms with Crippen LogP contribution in [-0.2, 0) is 4.74 Å². The summed E-state index contributed by atoms with van der Waals surface area (Å²) in [5.41, 5.74) is 6.72. The van der Waals surface area contributed by atoms with Crippen LogP contribution >= 0.6 is 0 Å². The summed E-state index contributed by atoms with van der Waals surface area (Å²) in [6, 6.07) is 19.0. The lowest BCUT2D eigenvalue weighted by Gasteiger charge is -2.17. The number of hydrogen-bond donors (Lipinski definition) is 0. The van der Waals surface area contributed by atoms with E-state index in [-0.39, 0.29) is 5.97 Å². The lowest BCUT2D eigenvalue weighted by molar-refractivity contribution is 0.0526. The van der Waals surface area contributed by atoms with E-state index in [4.69, 9.17) is 4.74 Å². The van der Waals surface area contributed by atoms with Crippen LogP contribution < -0.4 is 4.90 Å². The van der Waals surface area contributed by atoms with Gasteiger partial charge in [0.1, 0.15) is 0 Å². The van der Waals surface area contributed by atoms with E-state index in [0.29, 0.717) is 17.9 Å². The number of aryl methyl sites for hydroxylation is 2. The molecule has 0 aromatic heterocycles. The number of carbonyl (C=O) groups is 1. The largest absolute Gasteiger partial charge is 0.462 e. The Morgan fingerprint density at radius 3 is 1.79 bits per heavy atom. The van der Waals surface area contributed by atoms with Gasteiger partial charge >= 0.3 is 5.97 Å². The molecule has 0 amide bonds. The van der Waals surface area contributed by atoms with Crippen LogP contribution in [-0.4, -0.2) is 25.7 Å². The van der Waals surface area contributed by atoms with Crippen molar-refractivity contribution in [2.45, 2.75) is 33.6 Å². The summed E-state index contributed by atoms with van der Waals surface area (Å²) in [7, 11) is 0. The van der Waals surface area contributed by atoms with Gasteiger partial charge in [0.2, 0.25) is 0 Å². The summed E-state index contributed by atoms with van der Waals surface area (Å²) >= 11 is 0. The molecule has 1 heterocycles. The van der Waals surface area contributed by atoms with Crippen LogP contribution in [0, 0.1) is 13.8 Å². The van der Waals surface area contributed by atoms with Gasteiger partial charge < -0.3 is 9.64 Å². The molecule has 0 aliphatic carbocycles. The van der Waals surface area contributed by atoms with E-state index in [0.717, 1.165) is 41.3 Å². The van der Waals surface area contributed by atoms with Gasteiger partial charge in [-0.25, -0.2) is 4.79 Å². The SMILES string of the molecule is CCOC(=O)c1ccc(/N=N/c2cc(C)c(/N=N/c3ccc(N4CCCC4)cc3)cc2C)cc1. The molecule has 7 nitrogen and oxygen atoms in total. The van der Waals surface area contributed by atoms with E-state index in [1.54, 1.807) is 31.2 Å². The highest BCUT2D eigenvalue weighted by atomic mass is 16.5. The van der Waals surface area contributed by atoms with Crippen LogP contribution in [0.1, 0.15) is 41.3 Å². The number of esters is 1. The van der Waals surface area contributed by atoms with E-state index in [1.165, 1.54) is 18.5 Å². The molecule has 1 saturated heterocycles. The Labute approximate surface area is 200 Å². The zero-order valence-corrected chi connectivity index (χ0v) is 19.9. The standard InChI is InChI=1S/C27H29N5O2/c1-4-34-27(33)21-7-9-22(10-8-21)28-30-25-17-20(3)26(18-19(25)2)31-29-23-11-13-24(14-12-23)32-15-5-6-16-32/h7-14,17-18H,4-6,15-16H2,1-3H3/b30-28+,31-29+. The molecule has 7 heteroatoms. The summed E-state index contributed by atoms with van der Waals surface area (Å²) in [5, 5.41) is 17.6. The average Bonchev–Trinajstić information content (AvgIpc) is 3.39. The number of carbonyl (C=O) groups excluding carboxylic acids is 1. The summed E-state index contributed by atoms with van der Waals surface area (Å²) in [6.45, 7) is 8.34. The minimum Gasteiger partial charge on any atom is -0.462 e. The van der Waals surface area contributed by atoms with Crippen molar-refractivity contribution in [1.82, 2.24) is 0 Å². The van der Waals surface area contributed by atoms with Gasteiger partial charge in [0.25, 0.3) is 0 Å². The Kier molecular flexibility index (Phi) is 7.42. The quantitative estimate of drug-likeness (QED) is 0.268. The molecule has 0 radical (unpaired) electrons. The third kappa shape index (κ3) is 5.73. The van der Waals surface area contributed by atoms with Crippen LogP contribution in [0.25, 0.3) is 0 Å². The first kappa shape index (κ1) is 23.3. The van der Waals surface area contributed by atoms with Crippen molar-refractivity contribution >= 4 is 34.4 Å². The van der Waals surface area contributed by atoms with Gasteiger partial charge in [-0.1, -0.05) is 0 Å². The van der Waals surface area contributed by atoms with Crippen LogP contribution in [0.5, 0.6) is 0 Å². The number of hydrogen-bond acceptors (Lipinski definition) is 7. The van der Waals surface area contributed by atoms with Crippen LogP contribution in [0.2, 0.25) is 0 Å². The number of rotatable bonds is 7. The molecule has 0 saturated carbocycles. The lowest BCUT2D eigenvalue weighted by Crippen LogP contribution is -2.17. The highest BCUT2D eigenvalue weighted by Gasteiger charge is 2.12. The number of benzene rings is 3. The first-order chi connectivity index (χ1) is 16.5. The van der Waals surface area contributed by atoms with E-state index in [2.05, 4.69) is 37.5 Å². The van der Waals surface area contributed by atoms with Crippen molar-refractivity contribution in [1.29, 1.82) is 0 Å². The molecule has 0 spiro atoms. The Morgan fingerprint density at radius 1 is 0.794 bits per heavy atom. The molecule has 3 aromatic carbocycles. The second-order valence-electron chi connectivity index (χ2n) is 8.30. The summed E-state index contributed by atoms with van der Waals surface area (Å²) in [5.74, 6) is -0.343. The predicted octanol–water partition coefficient (Wildman–Crippen LogP) is 7.91. The predicted molar refractivity (Wildman–Crippen MR) is 135 cm³/mol. The highest BCUT2D eigenvalue weighted by Crippen LogP contribution is 2.31. The van der Waals surface area contributed by atoms with Crippen molar-refractivity contribution in [2.24, 2.45) is 20.5 Å². The zero-order valence-electron chi connectivity index (χ0n) is 19.9.